The van der Waals surface area contributed by atoms with Crippen LogP contribution in [0.4, 0.5) is 0 Å². The van der Waals surface area contributed by atoms with Crippen LogP contribution in [0.3, 0.4) is 0 Å². The monoisotopic (exact) mass is 855 g/mol. The van der Waals surface area contributed by atoms with Crippen molar-refractivity contribution in [2.24, 2.45) is 5.41 Å². The van der Waals surface area contributed by atoms with E-state index in [4.69, 9.17) is 23.8 Å². The van der Waals surface area contributed by atoms with Gasteiger partial charge in [-0.15, -0.1) is 0 Å². The van der Waals surface area contributed by atoms with Crippen LogP contribution in [0.25, 0.3) is 0 Å². The van der Waals surface area contributed by atoms with Gasteiger partial charge in [-0.1, -0.05) is 51.7 Å². The number of benzene rings is 1. The summed E-state index contributed by atoms with van der Waals surface area (Å²) >= 11 is 2.24. The number of carbonyl (C=O) groups excluding carboxylic acids is 4. The Bertz CT molecular complexity index is 1440. The number of esters is 2. The second kappa shape index (κ2) is 18.1. The Morgan fingerprint density at radius 1 is 1.06 bits per heavy atom. The number of ether oxygens (including phenoxy) is 4. The topological polar surface area (TPSA) is 162 Å². The normalized spacial score (nSPS) is 27.8. The number of aliphatic hydroxyl groups is 1. The van der Waals surface area contributed by atoms with E-state index in [-0.39, 0.29) is 45.4 Å². The van der Waals surface area contributed by atoms with Crippen LogP contribution < -0.4 is 10.6 Å². The van der Waals surface area contributed by atoms with E-state index in [1.54, 1.807) is 25.8 Å². The quantitative estimate of drug-likeness (QED) is 0.0993. The highest BCUT2D eigenvalue weighted by molar-refractivity contribution is 14.1. The average molecular weight is 856 g/mol. The zero-order valence-corrected chi connectivity index (χ0v) is 34.0. The molecular weight excluding hydrogens is 797 g/mol. The molecule has 1 saturated carbocycles. The highest BCUT2D eigenvalue weighted by Crippen LogP contribution is 2.58. The van der Waals surface area contributed by atoms with Crippen molar-refractivity contribution < 1.29 is 48.1 Å². The molecule has 5 rings (SSSR count). The summed E-state index contributed by atoms with van der Waals surface area (Å²) in [5.74, 6) is -2.64. The minimum Gasteiger partial charge on any atom is -0.460 e. The summed E-state index contributed by atoms with van der Waals surface area (Å²) in [6.45, 7) is 9.51. The maximum Gasteiger partial charge on any atom is 0.327 e. The molecule has 3 heterocycles. The first-order valence-electron chi connectivity index (χ1n) is 19.4. The van der Waals surface area contributed by atoms with Crippen molar-refractivity contribution in [3.8, 4) is 0 Å². The van der Waals surface area contributed by atoms with Crippen LogP contribution in [0.15, 0.2) is 24.3 Å². The number of aliphatic hydroxyl groups excluding tert-OH is 1. The summed E-state index contributed by atoms with van der Waals surface area (Å²) in [6, 6.07) is 6.18. The van der Waals surface area contributed by atoms with Crippen molar-refractivity contribution >= 4 is 46.3 Å². The van der Waals surface area contributed by atoms with Crippen LogP contribution in [0, 0.1) is 8.99 Å². The molecule has 53 heavy (non-hydrogen) atoms. The molecule has 3 N–H and O–H groups in total. The van der Waals surface area contributed by atoms with Gasteiger partial charge >= 0.3 is 11.9 Å². The van der Waals surface area contributed by atoms with Gasteiger partial charge in [0, 0.05) is 42.2 Å². The predicted octanol–water partition coefficient (Wildman–Crippen LogP) is 4.84. The molecule has 7 unspecified atom stereocenters. The maximum atomic E-state index is 14.6. The lowest BCUT2D eigenvalue weighted by Gasteiger charge is -2.48. The molecule has 3 saturated heterocycles. The second-order valence-electron chi connectivity index (χ2n) is 15.9. The number of halogens is 1. The average Bonchev–Trinajstić information content (AvgIpc) is 3.64. The van der Waals surface area contributed by atoms with Crippen LogP contribution in [-0.4, -0.2) is 95.0 Å². The number of hydrogen-bond donors (Lipinski definition) is 3. The molecule has 1 aromatic rings. The van der Waals surface area contributed by atoms with Crippen LogP contribution in [0.1, 0.15) is 117 Å². The Balaban J connectivity index is 1.33. The number of carbonyl (C=O) groups is 4. The van der Waals surface area contributed by atoms with Gasteiger partial charge in [0.1, 0.15) is 35.4 Å². The zero-order valence-electron chi connectivity index (χ0n) is 31.8. The zero-order chi connectivity index (χ0) is 38.4. The highest BCUT2D eigenvalue weighted by atomic mass is 127. The molecule has 13 nitrogen and oxygen atoms in total. The maximum absolute atomic E-state index is 14.6. The third-order valence-corrected chi connectivity index (χ3v) is 11.2. The summed E-state index contributed by atoms with van der Waals surface area (Å²) in [6.07, 6.45) is 4.97. The number of nitrogens with zero attached hydrogens (tertiary/aromatic N) is 1. The van der Waals surface area contributed by atoms with E-state index in [0.29, 0.717) is 12.8 Å². The van der Waals surface area contributed by atoms with E-state index in [1.165, 1.54) is 0 Å². The number of nitrogens with one attached hydrogen (secondary N) is 2. The highest BCUT2D eigenvalue weighted by Gasteiger charge is 2.76. The Kier molecular flexibility index (Phi) is 14.2. The van der Waals surface area contributed by atoms with Gasteiger partial charge in [0.25, 0.3) is 0 Å². The summed E-state index contributed by atoms with van der Waals surface area (Å²) in [7, 11) is 0. The number of amides is 2. The van der Waals surface area contributed by atoms with E-state index in [1.807, 2.05) is 24.3 Å². The van der Waals surface area contributed by atoms with Crippen LogP contribution in [0.5, 0.6) is 0 Å². The molecule has 1 aliphatic carbocycles. The Morgan fingerprint density at radius 3 is 2.40 bits per heavy atom. The molecule has 7 atom stereocenters. The van der Waals surface area contributed by atoms with E-state index >= 15 is 0 Å². The molecular formula is C39H58IN3O10. The lowest BCUT2D eigenvalue weighted by atomic mass is 9.62. The molecule has 2 bridgehead atoms. The van der Waals surface area contributed by atoms with Gasteiger partial charge in [-0.3, -0.25) is 24.0 Å². The van der Waals surface area contributed by atoms with Crippen molar-refractivity contribution in [1.29, 1.82) is 0 Å². The number of unbranched alkanes of at least 4 members (excludes halogenated alkanes) is 4. The lowest BCUT2D eigenvalue weighted by molar-refractivity contribution is -0.224. The van der Waals surface area contributed by atoms with Gasteiger partial charge in [-0.05, 0) is 80.3 Å². The molecule has 3 aliphatic heterocycles. The first kappa shape index (κ1) is 41.8. The Labute approximate surface area is 327 Å². The number of hydrogen-bond acceptors (Lipinski definition) is 11. The number of hydroxylamine groups is 2. The molecule has 2 amide bonds. The van der Waals surface area contributed by atoms with Crippen molar-refractivity contribution in [2.75, 3.05) is 13.2 Å². The van der Waals surface area contributed by atoms with Gasteiger partial charge < -0.3 is 34.7 Å². The van der Waals surface area contributed by atoms with E-state index in [0.717, 1.165) is 47.7 Å². The summed E-state index contributed by atoms with van der Waals surface area (Å²) in [5.41, 5.74) is -1.07. The Hall–Kier alpha value is -2.37. The van der Waals surface area contributed by atoms with E-state index < -0.39 is 77.1 Å². The third kappa shape index (κ3) is 9.90. The summed E-state index contributed by atoms with van der Waals surface area (Å²) in [4.78, 5) is 60.3. The van der Waals surface area contributed by atoms with E-state index in [2.05, 4.69) is 47.1 Å². The molecule has 1 aromatic carbocycles. The van der Waals surface area contributed by atoms with Gasteiger partial charge in [-0.25, -0.2) is 0 Å². The smallest absolute Gasteiger partial charge is 0.327 e. The predicted molar refractivity (Wildman–Crippen MR) is 203 cm³/mol. The van der Waals surface area contributed by atoms with Crippen molar-refractivity contribution in [3.63, 3.8) is 0 Å². The van der Waals surface area contributed by atoms with Crippen LogP contribution in [0.2, 0.25) is 0 Å². The van der Waals surface area contributed by atoms with Crippen molar-refractivity contribution in [2.45, 2.75) is 166 Å². The van der Waals surface area contributed by atoms with Crippen LogP contribution >= 0.6 is 22.6 Å². The number of rotatable bonds is 19. The SMILES string of the molecule is CCCCCC1(CCCCC)OC2C3CC4(C(=O)NCCC(=O)NC(CO)CCC(=O)OC(C)(C)C)C(ON(Cc5cccc(I)c5)C4C(=O)O3)C2O1. The van der Waals surface area contributed by atoms with Gasteiger partial charge in [0.05, 0.1) is 19.2 Å². The fourth-order valence-corrected chi connectivity index (χ4v) is 8.77. The first-order chi connectivity index (χ1) is 25.2. The minimum absolute atomic E-state index is 0.0178. The third-order valence-electron chi connectivity index (χ3n) is 10.6. The van der Waals surface area contributed by atoms with Crippen molar-refractivity contribution in [1.82, 2.24) is 15.7 Å². The minimum atomic E-state index is -1.35. The molecule has 14 heteroatoms. The fraction of sp³-hybridized carbons (Fsp3) is 0.744. The number of fused-ring (bicyclic) bond motifs is 4. The molecule has 0 aromatic heterocycles. The summed E-state index contributed by atoms with van der Waals surface area (Å²) in [5, 5.41) is 17.1. The van der Waals surface area contributed by atoms with E-state index in [9.17, 15) is 24.3 Å². The van der Waals surface area contributed by atoms with Gasteiger partial charge in [0.15, 0.2) is 11.8 Å². The van der Waals surface area contributed by atoms with Crippen molar-refractivity contribution in [3.05, 3.63) is 33.4 Å². The standard InChI is InChI=1S/C39H58IN3O10/c1-6-8-10-18-38(19-11-9-7-2)51-31-28-22-39(36(48)41-20-17-29(45)42-27(24-44)15-16-30(46)50-37(3,4)5)33(35(47)49-28)43(53-34(39)32(31)52-38)23-25-13-12-14-26(40)21-25/h12-14,21,27-28,31-34,44H,6-11,15-20,22-24H2,1-5H3,(H,41,48)(H,42,45). The molecule has 0 spiro atoms. The second-order valence-corrected chi connectivity index (χ2v) is 17.2. The first-order valence-corrected chi connectivity index (χ1v) is 20.5. The fourth-order valence-electron chi connectivity index (χ4n) is 8.16. The molecule has 296 valence electrons. The lowest BCUT2D eigenvalue weighted by Crippen LogP contribution is -2.69. The van der Waals surface area contributed by atoms with Gasteiger partial charge in [0.2, 0.25) is 11.8 Å². The molecule has 4 fully saturated rings. The van der Waals surface area contributed by atoms with Gasteiger partial charge in [-0.2, -0.15) is 5.06 Å². The molecule has 0 radical (unpaired) electrons. The largest absolute Gasteiger partial charge is 0.460 e. The molecule has 4 aliphatic rings. The van der Waals surface area contributed by atoms with Crippen LogP contribution in [-0.2, 0) is 49.5 Å². The summed E-state index contributed by atoms with van der Waals surface area (Å²) < 4.78 is 26.2. The Morgan fingerprint density at radius 2 is 1.75 bits per heavy atom.